The van der Waals surface area contributed by atoms with Crippen molar-refractivity contribution in [2.24, 2.45) is 0 Å². The van der Waals surface area contributed by atoms with Gasteiger partial charge in [-0.2, -0.15) is 0 Å². The summed E-state index contributed by atoms with van der Waals surface area (Å²) >= 11 is 0. The van der Waals surface area contributed by atoms with Crippen molar-refractivity contribution in [1.82, 2.24) is 15.0 Å². The first-order valence-electron chi connectivity index (χ1n) is 5.00. The van der Waals surface area contributed by atoms with Crippen molar-refractivity contribution < 1.29 is 10.2 Å². The van der Waals surface area contributed by atoms with Crippen molar-refractivity contribution in [2.45, 2.75) is 19.8 Å². The van der Waals surface area contributed by atoms with Crippen molar-refractivity contribution in [3.8, 4) is 0 Å². The van der Waals surface area contributed by atoms with E-state index in [1.807, 2.05) is 24.3 Å². The summed E-state index contributed by atoms with van der Waals surface area (Å²) in [5.41, 5.74) is 2.52. The Morgan fingerprint density at radius 1 is 1.00 bits per heavy atom. The van der Waals surface area contributed by atoms with Crippen LogP contribution in [0.3, 0.4) is 0 Å². The zero-order chi connectivity index (χ0) is 11.4. The number of nitrogens with zero attached hydrogens (tertiary/aromatic N) is 3. The lowest BCUT2D eigenvalue weighted by molar-refractivity contribution is 0.276. The zero-order valence-electron chi connectivity index (χ0n) is 8.74. The van der Waals surface area contributed by atoms with Crippen LogP contribution in [0.5, 0.6) is 0 Å². The molecule has 1 aromatic carbocycles. The Morgan fingerprint density at radius 3 is 2.25 bits per heavy atom. The van der Waals surface area contributed by atoms with Crippen LogP contribution in [0.15, 0.2) is 30.5 Å². The highest BCUT2D eigenvalue weighted by molar-refractivity contribution is 5.22. The lowest BCUT2D eigenvalue weighted by atomic mass is 10.1. The van der Waals surface area contributed by atoms with E-state index in [2.05, 4.69) is 10.3 Å². The number of hydrogen-bond donors (Lipinski definition) is 2. The second-order valence-corrected chi connectivity index (χ2v) is 3.54. The molecule has 0 spiro atoms. The molecule has 5 heteroatoms. The molecule has 1 aromatic heterocycles. The summed E-state index contributed by atoms with van der Waals surface area (Å²) < 4.78 is 1.67. The van der Waals surface area contributed by atoms with Crippen LogP contribution in [-0.2, 0) is 19.8 Å². The average molecular weight is 219 g/mol. The third-order valence-electron chi connectivity index (χ3n) is 2.30. The number of rotatable bonds is 4. The number of aliphatic hydroxyl groups excluding tert-OH is 2. The Hall–Kier alpha value is -1.72. The van der Waals surface area contributed by atoms with Crippen LogP contribution in [0.2, 0.25) is 0 Å². The molecule has 84 valence electrons. The summed E-state index contributed by atoms with van der Waals surface area (Å²) in [6.07, 6.45) is 1.71. The van der Waals surface area contributed by atoms with Gasteiger partial charge in [-0.1, -0.05) is 29.5 Å². The molecule has 0 aliphatic rings. The topological polar surface area (TPSA) is 71.2 Å². The zero-order valence-corrected chi connectivity index (χ0v) is 8.74. The minimum Gasteiger partial charge on any atom is -0.392 e. The van der Waals surface area contributed by atoms with Crippen molar-refractivity contribution in [1.29, 1.82) is 0 Å². The van der Waals surface area contributed by atoms with Gasteiger partial charge in [0.1, 0.15) is 5.69 Å². The predicted molar refractivity (Wildman–Crippen MR) is 57.4 cm³/mol. The monoisotopic (exact) mass is 219 g/mol. The highest BCUT2D eigenvalue weighted by Gasteiger charge is 2.00. The normalized spacial score (nSPS) is 10.6. The molecule has 0 amide bonds. The number of hydrogen-bond acceptors (Lipinski definition) is 4. The summed E-state index contributed by atoms with van der Waals surface area (Å²) in [6, 6.07) is 7.62. The molecule has 0 bridgehead atoms. The number of aromatic nitrogens is 3. The SMILES string of the molecule is OCc1ccc(Cn2cc(CO)nn2)cc1. The van der Waals surface area contributed by atoms with E-state index in [1.54, 1.807) is 10.9 Å². The molecular weight excluding hydrogens is 206 g/mol. The standard InChI is InChI=1S/C11H13N3O2/c15-7-10-3-1-9(2-4-10)5-14-6-11(8-16)12-13-14/h1-4,6,15-16H,5,7-8H2. The van der Waals surface area contributed by atoms with Crippen molar-refractivity contribution >= 4 is 0 Å². The fourth-order valence-corrected chi connectivity index (χ4v) is 1.43. The van der Waals surface area contributed by atoms with Gasteiger partial charge < -0.3 is 10.2 Å². The fourth-order valence-electron chi connectivity index (χ4n) is 1.43. The molecule has 2 rings (SSSR count). The van der Waals surface area contributed by atoms with Crippen LogP contribution in [0.1, 0.15) is 16.8 Å². The minimum atomic E-state index is -0.0938. The van der Waals surface area contributed by atoms with Gasteiger partial charge in [-0.05, 0) is 11.1 Å². The Balaban J connectivity index is 2.08. The molecule has 5 nitrogen and oxygen atoms in total. The summed E-state index contributed by atoms with van der Waals surface area (Å²) in [5.74, 6) is 0. The third kappa shape index (κ3) is 2.44. The van der Waals surface area contributed by atoms with Gasteiger partial charge in [0.15, 0.2) is 0 Å². The summed E-state index contributed by atoms with van der Waals surface area (Å²) in [4.78, 5) is 0. The first kappa shape index (κ1) is 10.8. The molecule has 0 fully saturated rings. The maximum Gasteiger partial charge on any atom is 0.108 e. The molecule has 2 N–H and O–H groups in total. The van der Waals surface area contributed by atoms with E-state index in [-0.39, 0.29) is 13.2 Å². The van der Waals surface area contributed by atoms with Crippen molar-refractivity contribution in [3.05, 3.63) is 47.3 Å². The maximum absolute atomic E-state index is 8.90. The van der Waals surface area contributed by atoms with Crippen molar-refractivity contribution in [2.75, 3.05) is 0 Å². The van der Waals surface area contributed by atoms with Gasteiger partial charge in [-0.3, -0.25) is 0 Å². The van der Waals surface area contributed by atoms with Crippen molar-refractivity contribution in [3.63, 3.8) is 0 Å². The van der Waals surface area contributed by atoms with Crippen LogP contribution in [0, 0.1) is 0 Å². The molecule has 0 radical (unpaired) electrons. The average Bonchev–Trinajstić information content (AvgIpc) is 2.78. The van der Waals surface area contributed by atoms with Gasteiger partial charge in [-0.25, -0.2) is 4.68 Å². The Morgan fingerprint density at radius 2 is 1.69 bits per heavy atom. The predicted octanol–water partition coefficient (Wildman–Crippen LogP) is 0.311. The van der Waals surface area contributed by atoms with Gasteiger partial charge in [0, 0.05) is 0 Å². The van der Waals surface area contributed by atoms with Crippen LogP contribution >= 0.6 is 0 Å². The molecule has 0 aliphatic heterocycles. The Bertz CT molecular complexity index is 451. The van der Waals surface area contributed by atoms with Gasteiger partial charge in [-0.15, -0.1) is 5.10 Å². The van der Waals surface area contributed by atoms with E-state index in [9.17, 15) is 0 Å². The van der Waals surface area contributed by atoms with E-state index in [0.717, 1.165) is 11.1 Å². The van der Waals surface area contributed by atoms with Crippen LogP contribution in [0.4, 0.5) is 0 Å². The first-order valence-corrected chi connectivity index (χ1v) is 5.00. The summed E-state index contributed by atoms with van der Waals surface area (Å²) in [6.45, 7) is 0.570. The number of benzene rings is 1. The highest BCUT2D eigenvalue weighted by atomic mass is 16.3. The largest absolute Gasteiger partial charge is 0.392 e. The molecule has 16 heavy (non-hydrogen) atoms. The van der Waals surface area contributed by atoms with E-state index in [0.29, 0.717) is 12.2 Å². The Kier molecular flexibility index (Phi) is 3.28. The second kappa shape index (κ2) is 4.87. The van der Waals surface area contributed by atoms with Gasteiger partial charge >= 0.3 is 0 Å². The molecule has 0 saturated carbocycles. The van der Waals surface area contributed by atoms with Gasteiger partial charge in [0.2, 0.25) is 0 Å². The molecule has 0 atom stereocenters. The van der Waals surface area contributed by atoms with E-state index >= 15 is 0 Å². The summed E-state index contributed by atoms with van der Waals surface area (Å²) in [7, 11) is 0. The molecule has 2 aromatic rings. The van der Waals surface area contributed by atoms with Crippen LogP contribution in [-0.4, -0.2) is 25.2 Å². The lowest BCUT2D eigenvalue weighted by Crippen LogP contribution is -2.00. The molecule has 0 aliphatic carbocycles. The van der Waals surface area contributed by atoms with Crippen LogP contribution < -0.4 is 0 Å². The number of aliphatic hydroxyl groups is 2. The van der Waals surface area contributed by atoms with Gasteiger partial charge in [0.25, 0.3) is 0 Å². The lowest BCUT2D eigenvalue weighted by Gasteiger charge is -2.01. The maximum atomic E-state index is 8.90. The second-order valence-electron chi connectivity index (χ2n) is 3.54. The molecule has 0 unspecified atom stereocenters. The van der Waals surface area contributed by atoms with E-state index in [4.69, 9.17) is 10.2 Å². The minimum absolute atomic E-state index is 0.0538. The molecular formula is C11H13N3O2. The fraction of sp³-hybridized carbons (Fsp3) is 0.273. The van der Waals surface area contributed by atoms with Gasteiger partial charge in [0.05, 0.1) is 26.0 Å². The smallest absolute Gasteiger partial charge is 0.108 e. The summed E-state index contributed by atoms with van der Waals surface area (Å²) in [5, 5.41) is 25.4. The van der Waals surface area contributed by atoms with Crippen LogP contribution in [0.25, 0.3) is 0 Å². The van der Waals surface area contributed by atoms with E-state index in [1.165, 1.54) is 0 Å². The quantitative estimate of drug-likeness (QED) is 0.776. The first-order chi connectivity index (χ1) is 7.81. The van der Waals surface area contributed by atoms with E-state index < -0.39 is 0 Å². The molecule has 1 heterocycles. The molecule has 0 saturated heterocycles. The Labute approximate surface area is 93.0 Å². The third-order valence-corrected chi connectivity index (χ3v) is 2.30. The highest BCUT2D eigenvalue weighted by Crippen LogP contribution is 2.06.